The maximum Gasteiger partial charge on any atom is 0.296 e. The van der Waals surface area contributed by atoms with Gasteiger partial charge in [-0.3, -0.25) is 4.55 Å². The second-order valence-corrected chi connectivity index (χ2v) is 14.7. The summed E-state index contributed by atoms with van der Waals surface area (Å²) in [6.07, 6.45) is 0. The third-order valence-electron chi connectivity index (χ3n) is 9.16. The van der Waals surface area contributed by atoms with Gasteiger partial charge in [0.25, 0.3) is 10.1 Å². The van der Waals surface area contributed by atoms with Gasteiger partial charge < -0.3 is 20.3 Å². The minimum absolute atomic E-state index is 0.0129. The minimum Gasteiger partial charge on any atom is -0.505 e. The van der Waals surface area contributed by atoms with Crippen LogP contribution < -0.4 is 10.1 Å². The number of phenols is 1. The first-order chi connectivity index (χ1) is 29.0. The Bertz CT molecular complexity index is 2960. The highest BCUT2D eigenvalue weighted by molar-refractivity contribution is 7.86. The molecule has 0 unspecified atom stereocenters. The summed E-state index contributed by atoms with van der Waals surface area (Å²) in [5.74, 6) is 0.314. The Kier molecular flexibility index (Phi) is 12.2. The van der Waals surface area contributed by atoms with E-state index >= 15 is 0 Å². The van der Waals surface area contributed by atoms with E-state index in [1.165, 1.54) is 25.3 Å². The van der Waals surface area contributed by atoms with Crippen molar-refractivity contribution in [3.05, 3.63) is 150 Å². The van der Waals surface area contributed by atoms with E-state index in [9.17, 15) is 23.2 Å². The summed E-state index contributed by atoms with van der Waals surface area (Å²) in [6, 6.07) is 38.4. The molecule has 0 atom stereocenters. The fourth-order valence-corrected chi connectivity index (χ4v) is 6.66. The molecule has 16 heteroatoms. The molecular formula is C44H37N9O6S. The van der Waals surface area contributed by atoms with Crippen LogP contribution in [0.2, 0.25) is 0 Å². The first-order valence-electron chi connectivity index (χ1n) is 18.3. The topological polar surface area (TPSA) is 215 Å². The Balaban J connectivity index is 1.03. The first-order valence-corrected chi connectivity index (χ1v) is 19.8. The van der Waals surface area contributed by atoms with Gasteiger partial charge in [-0.15, -0.1) is 15.3 Å². The van der Waals surface area contributed by atoms with Crippen molar-refractivity contribution >= 4 is 77.8 Å². The predicted octanol–water partition coefficient (Wildman–Crippen LogP) is 13.3. The fraction of sp³-hybridized carbons (Fsp3) is 0.0909. The number of nitrogens with one attached hydrogen (secondary N) is 1. The Morgan fingerprint density at radius 1 is 0.567 bits per heavy atom. The van der Waals surface area contributed by atoms with Crippen LogP contribution in [0.3, 0.4) is 0 Å². The molecule has 0 aliphatic carbocycles. The Hall–Kier alpha value is -7.53. The summed E-state index contributed by atoms with van der Waals surface area (Å²) in [6.45, 7) is 3.31. The molecule has 7 rings (SSSR count). The normalized spacial score (nSPS) is 12.1. The zero-order chi connectivity index (χ0) is 42.2. The van der Waals surface area contributed by atoms with Crippen LogP contribution in [0.4, 0.5) is 56.9 Å². The lowest BCUT2D eigenvalue weighted by Gasteiger charge is -2.10. The largest absolute Gasteiger partial charge is 0.505 e. The zero-order valence-corrected chi connectivity index (χ0v) is 33.3. The SMILES string of the molecule is COc1cc(N=Nc2ccc(N=Nc3ccc(N=Nc4ccccc4S(=O)(=O)O)c(C)c3)c(C)c2)c(CO)cc1N=Nc1ccc2cc(Nc3ccccc3)ccc2c1O. The second-order valence-electron chi connectivity index (χ2n) is 13.4. The van der Waals surface area contributed by atoms with Crippen LogP contribution in [0, 0.1) is 13.8 Å². The first kappa shape index (κ1) is 40.7. The molecule has 7 aromatic carbocycles. The van der Waals surface area contributed by atoms with Crippen LogP contribution in [0.5, 0.6) is 11.5 Å². The molecule has 0 radical (unpaired) electrons. The molecule has 0 bridgehead atoms. The average Bonchev–Trinajstić information content (AvgIpc) is 3.24. The number of fused-ring (bicyclic) bond motifs is 1. The van der Waals surface area contributed by atoms with Crippen molar-refractivity contribution in [2.75, 3.05) is 12.4 Å². The molecule has 60 heavy (non-hydrogen) atoms. The number of hydrogen-bond donors (Lipinski definition) is 4. The van der Waals surface area contributed by atoms with E-state index in [1.54, 1.807) is 67.6 Å². The van der Waals surface area contributed by atoms with Crippen LogP contribution in [0.25, 0.3) is 10.8 Å². The van der Waals surface area contributed by atoms with Crippen molar-refractivity contribution in [1.82, 2.24) is 0 Å². The Morgan fingerprint density at radius 3 is 1.80 bits per heavy atom. The number of rotatable bonds is 13. The molecule has 0 aliphatic rings. The summed E-state index contributed by atoms with van der Waals surface area (Å²) in [7, 11) is -2.98. The number of aryl methyl sites for hydroxylation is 2. The number of aliphatic hydroxyl groups is 1. The van der Waals surface area contributed by atoms with E-state index in [4.69, 9.17) is 4.74 Å². The lowest BCUT2D eigenvalue weighted by atomic mass is 10.1. The quantitative estimate of drug-likeness (QED) is 0.0651. The van der Waals surface area contributed by atoms with Gasteiger partial charge in [-0.05, 0) is 121 Å². The number of anilines is 2. The van der Waals surface area contributed by atoms with Gasteiger partial charge in [0, 0.05) is 28.4 Å². The maximum absolute atomic E-state index is 11.7. The number of methoxy groups -OCH3 is 1. The van der Waals surface area contributed by atoms with Gasteiger partial charge in [-0.25, -0.2) is 0 Å². The van der Waals surface area contributed by atoms with Crippen molar-refractivity contribution in [1.29, 1.82) is 0 Å². The minimum atomic E-state index is -4.46. The maximum atomic E-state index is 11.7. The number of benzene rings is 7. The predicted molar refractivity (Wildman–Crippen MR) is 230 cm³/mol. The molecule has 0 saturated carbocycles. The van der Waals surface area contributed by atoms with Crippen LogP contribution in [-0.2, 0) is 16.7 Å². The van der Waals surface area contributed by atoms with Crippen molar-refractivity contribution in [3.8, 4) is 11.5 Å². The van der Waals surface area contributed by atoms with Crippen molar-refractivity contribution in [3.63, 3.8) is 0 Å². The molecule has 0 heterocycles. The van der Waals surface area contributed by atoms with Crippen molar-refractivity contribution in [2.45, 2.75) is 25.3 Å². The van der Waals surface area contributed by atoms with Gasteiger partial charge in [0.1, 0.15) is 27.7 Å². The fourth-order valence-electron chi connectivity index (χ4n) is 6.04. The Morgan fingerprint density at radius 2 is 1.15 bits per heavy atom. The number of hydrogen-bond acceptors (Lipinski definition) is 14. The second kappa shape index (κ2) is 17.9. The van der Waals surface area contributed by atoms with Crippen LogP contribution >= 0.6 is 0 Å². The van der Waals surface area contributed by atoms with Crippen LogP contribution in [-0.4, -0.2) is 30.3 Å². The lowest BCUT2D eigenvalue weighted by molar-refractivity contribution is 0.282. The van der Waals surface area contributed by atoms with E-state index in [0.717, 1.165) is 27.9 Å². The molecule has 0 aromatic heterocycles. The number of para-hydroxylation sites is 1. The van der Waals surface area contributed by atoms with E-state index < -0.39 is 10.1 Å². The van der Waals surface area contributed by atoms with Crippen LogP contribution in [0.1, 0.15) is 16.7 Å². The highest BCUT2D eigenvalue weighted by Gasteiger charge is 2.15. The van der Waals surface area contributed by atoms with Crippen molar-refractivity contribution in [2.24, 2.45) is 40.9 Å². The average molecular weight is 820 g/mol. The third-order valence-corrected chi connectivity index (χ3v) is 10.1. The van der Waals surface area contributed by atoms with E-state index in [1.807, 2.05) is 61.5 Å². The van der Waals surface area contributed by atoms with E-state index in [2.05, 4.69) is 46.2 Å². The lowest BCUT2D eigenvalue weighted by Crippen LogP contribution is -1.97. The highest BCUT2D eigenvalue weighted by atomic mass is 32.2. The molecule has 300 valence electrons. The molecule has 0 amide bonds. The van der Waals surface area contributed by atoms with E-state index in [0.29, 0.717) is 50.8 Å². The summed E-state index contributed by atoms with van der Waals surface area (Å²) < 4.78 is 38.4. The number of phenolic OH excluding ortho intramolecular Hbond substituents is 1. The monoisotopic (exact) mass is 819 g/mol. The number of nitrogens with zero attached hydrogens (tertiary/aromatic N) is 8. The van der Waals surface area contributed by atoms with Gasteiger partial charge in [0.05, 0.1) is 42.2 Å². The molecule has 7 aromatic rings. The Labute approximate surface area is 345 Å². The summed E-state index contributed by atoms with van der Waals surface area (Å²) >= 11 is 0. The smallest absolute Gasteiger partial charge is 0.296 e. The number of ether oxygens (including phenoxy) is 1. The number of azo groups is 4. The summed E-state index contributed by atoms with van der Waals surface area (Å²) in [5, 5.41) is 60.4. The van der Waals surface area contributed by atoms with Gasteiger partial charge in [0.15, 0.2) is 5.75 Å². The van der Waals surface area contributed by atoms with E-state index in [-0.39, 0.29) is 28.6 Å². The molecular weight excluding hydrogens is 783 g/mol. The third kappa shape index (κ3) is 9.59. The molecule has 15 nitrogen and oxygen atoms in total. The molecule has 0 saturated heterocycles. The van der Waals surface area contributed by atoms with Gasteiger partial charge in [-0.1, -0.05) is 36.4 Å². The highest BCUT2D eigenvalue weighted by Crippen LogP contribution is 2.41. The van der Waals surface area contributed by atoms with Gasteiger partial charge in [-0.2, -0.15) is 34.0 Å². The summed E-state index contributed by atoms with van der Waals surface area (Å²) in [4.78, 5) is -0.337. The molecule has 0 aliphatic heterocycles. The standard InChI is InChI=1S/C44H37N9O6S/c1-27-21-34(15-19-36(27)48-46-33-16-20-37(28(2)22-33)49-50-38-11-7-8-12-43(38)60(56,57)58)47-52-40-25-42(59-3)41(24-30(40)26-54)53-51-39-18-13-29-23-32(14-17-35(29)44(39)55)45-31-9-5-4-6-10-31/h4-25,45,54-55H,26H2,1-3H3,(H,56,57,58). The van der Waals surface area contributed by atoms with Crippen molar-refractivity contribution < 1.29 is 27.9 Å². The number of aliphatic hydroxyl groups excluding tert-OH is 1. The van der Waals surface area contributed by atoms with Gasteiger partial charge in [0.2, 0.25) is 0 Å². The molecule has 0 spiro atoms. The van der Waals surface area contributed by atoms with Gasteiger partial charge >= 0.3 is 0 Å². The summed E-state index contributed by atoms with van der Waals surface area (Å²) in [5.41, 5.74) is 6.91. The zero-order valence-electron chi connectivity index (χ0n) is 32.5. The number of aromatic hydroxyl groups is 1. The molecule has 0 fully saturated rings. The molecule has 4 N–H and O–H groups in total. The van der Waals surface area contributed by atoms with Crippen LogP contribution in [0.15, 0.2) is 179 Å².